The van der Waals surface area contributed by atoms with E-state index in [0.29, 0.717) is 11.1 Å². The first-order chi connectivity index (χ1) is 13.9. The van der Waals surface area contributed by atoms with Crippen LogP contribution in [0.5, 0.6) is 0 Å². The summed E-state index contributed by atoms with van der Waals surface area (Å²) in [6, 6.07) is 16.4. The largest absolute Gasteiger partial charge is 0.411 e. The molecule has 2 atom stereocenters. The molecule has 1 amide bonds. The molecule has 0 radical (unpaired) electrons. The van der Waals surface area contributed by atoms with Gasteiger partial charge >= 0.3 is 0 Å². The molecule has 6 heteroatoms. The molecule has 0 unspecified atom stereocenters. The minimum Gasteiger partial charge on any atom is -0.411 e. The topological polar surface area (TPSA) is 68.0 Å². The zero-order chi connectivity index (χ0) is 20.8. The van der Waals surface area contributed by atoms with Crippen LogP contribution >= 0.6 is 11.8 Å². The predicted molar refractivity (Wildman–Crippen MR) is 117 cm³/mol. The summed E-state index contributed by atoms with van der Waals surface area (Å²) in [5.41, 5.74) is 4.56. The smallest absolute Gasteiger partial charge is 0.277 e. The van der Waals surface area contributed by atoms with Crippen LogP contribution in [0.2, 0.25) is 0 Å². The molecule has 1 N–H and O–H groups in total. The quantitative estimate of drug-likeness (QED) is 0.532. The van der Waals surface area contributed by atoms with Gasteiger partial charge in [-0.3, -0.25) is 4.79 Å². The number of benzene rings is 2. The molecule has 0 aliphatic heterocycles. The molecule has 0 saturated carbocycles. The van der Waals surface area contributed by atoms with E-state index in [1.165, 1.54) is 28.5 Å². The van der Waals surface area contributed by atoms with Crippen LogP contribution in [0.1, 0.15) is 37.0 Å². The van der Waals surface area contributed by atoms with Crippen LogP contribution in [0.3, 0.4) is 0 Å². The van der Waals surface area contributed by atoms with Crippen LogP contribution in [0.15, 0.2) is 58.2 Å². The van der Waals surface area contributed by atoms with Gasteiger partial charge in [-0.05, 0) is 69.4 Å². The summed E-state index contributed by atoms with van der Waals surface area (Å²) in [5, 5.41) is 11.4. The van der Waals surface area contributed by atoms with E-state index in [1.807, 2.05) is 50.2 Å². The molecule has 1 aromatic heterocycles. The van der Waals surface area contributed by atoms with Crippen molar-refractivity contribution in [2.24, 2.45) is 0 Å². The van der Waals surface area contributed by atoms with Crippen LogP contribution in [0.25, 0.3) is 11.5 Å². The first-order valence-electron chi connectivity index (χ1n) is 9.84. The summed E-state index contributed by atoms with van der Waals surface area (Å²) < 4.78 is 5.76. The van der Waals surface area contributed by atoms with Crippen molar-refractivity contribution in [3.05, 3.63) is 65.2 Å². The third-order valence-corrected chi connectivity index (χ3v) is 5.84. The average molecular weight is 410 g/mol. The number of amides is 1. The number of rotatable bonds is 8. The van der Waals surface area contributed by atoms with Gasteiger partial charge in [-0.25, -0.2) is 0 Å². The number of carbonyl (C=O) groups is 1. The molecular formula is C23H27N3O2S. The summed E-state index contributed by atoms with van der Waals surface area (Å²) in [6.07, 6.45) is 1.83. The molecule has 3 aromatic rings. The Hall–Kier alpha value is -2.60. The number of aromatic nitrogens is 2. The summed E-state index contributed by atoms with van der Waals surface area (Å²) in [6.45, 7) is 8.00. The van der Waals surface area contributed by atoms with Crippen LogP contribution in [0.4, 0.5) is 0 Å². The second-order valence-electron chi connectivity index (χ2n) is 7.37. The Morgan fingerprint density at radius 2 is 1.83 bits per heavy atom. The number of hydrogen-bond donors (Lipinski definition) is 1. The number of carbonyl (C=O) groups excluding carboxylic acids is 1. The van der Waals surface area contributed by atoms with E-state index < -0.39 is 0 Å². The molecule has 0 fully saturated rings. The van der Waals surface area contributed by atoms with Gasteiger partial charge < -0.3 is 9.73 Å². The average Bonchev–Trinajstić information content (AvgIpc) is 3.17. The van der Waals surface area contributed by atoms with E-state index in [4.69, 9.17) is 4.42 Å². The lowest BCUT2D eigenvalue weighted by Gasteiger charge is -2.16. The van der Waals surface area contributed by atoms with Gasteiger partial charge in [0.1, 0.15) is 0 Å². The van der Waals surface area contributed by atoms with Gasteiger partial charge in [0.05, 0.1) is 5.25 Å². The van der Waals surface area contributed by atoms with Crippen LogP contribution in [-0.4, -0.2) is 27.4 Å². The van der Waals surface area contributed by atoms with Gasteiger partial charge in [0.2, 0.25) is 11.8 Å². The highest BCUT2D eigenvalue weighted by Crippen LogP contribution is 2.27. The summed E-state index contributed by atoms with van der Waals surface area (Å²) >= 11 is 1.28. The highest BCUT2D eigenvalue weighted by molar-refractivity contribution is 8.00. The van der Waals surface area contributed by atoms with E-state index in [9.17, 15) is 4.79 Å². The lowest BCUT2D eigenvalue weighted by atomic mass is 10.1. The molecule has 0 aliphatic rings. The Morgan fingerprint density at radius 1 is 1.07 bits per heavy atom. The van der Waals surface area contributed by atoms with Crippen molar-refractivity contribution >= 4 is 17.7 Å². The minimum absolute atomic E-state index is 0.0264. The molecule has 1 heterocycles. The molecule has 0 aliphatic carbocycles. The van der Waals surface area contributed by atoms with Crippen molar-refractivity contribution in [1.29, 1.82) is 0 Å². The third kappa shape index (κ3) is 5.94. The van der Waals surface area contributed by atoms with Crippen molar-refractivity contribution in [2.45, 2.75) is 57.1 Å². The molecule has 0 saturated heterocycles. The number of nitrogens with one attached hydrogen (secondary N) is 1. The first kappa shape index (κ1) is 21.1. The van der Waals surface area contributed by atoms with Crippen molar-refractivity contribution in [2.75, 3.05) is 0 Å². The Balaban J connectivity index is 1.51. The van der Waals surface area contributed by atoms with Crippen LogP contribution in [0, 0.1) is 13.8 Å². The minimum atomic E-state index is -0.317. The van der Waals surface area contributed by atoms with Gasteiger partial charge in [0, 0.05) is 11.6 Å². The maximum atomic E-state index is 12.5. The SMILES string of the molecule is Cc1ccc(-c2nnc(S[C@H](C)C(=O)N[C@H](C)CCc3ccccc3)o2)cc1C. The normalized spacial score (nSPS) is 13.1. The van der Waals surface area contributed by atoms with Crippen molar-refractivity contribution < 1.29 is 9.21 Å². The predicted octanol–water partition coefficient (Wildman–Crippen LogP) is 4.97. The Labute approximate surface area is 176 Å². The van der Waals surface area contributed by atoms with E-state index in [1.54, 1.807) is 0 Å². The maximum absolute atomic E-state index is 12.5. The Bertz CT molecular complexity index is 956. The summed E-state index contributed by atoms with van der Waals surface area (Å²) in [4.78, 5) is 12.5. The highest BCUT2D eigenvalue weighted by Gasteiger charge is 2.20. The third-order valence-electron chi connectivity index (χ3n) is 4.90. The second kappa shape index (κ2) is 9.74. The molecule has 5 nitrogen and oxygen atoms in total. The first-order valence-corrected chi connectivity index (χ1v) is 10.7. The lowest BCUT2D eigenvalue weighted by molar-refractivity contribution is -0.120. The monoisotopic (exact) mass is 409 g/mol. The van der Waals surface area contributed by atoms with Gasteiger partial charge in [-0.2, -0.15) is 0 Å². The van der Waals surface area contributed by atoms with Gasteiger partial charge in [-0.15, -0.1) is 10.2 Å². The van der Waals surface area contributed by atoms with E-state index in [2.05, 4.69) is 41.5 Å². The zero-order valence-electron chi connectivity index (χ0n) is 17.3. The Morgan fingerprint density at radius 3 is 2.55 bits per heavy atom. The van der Waals surface area contributed by atoms with E-state index in [-0.39, 0.29) is 17.2 Å². The fourth-order valence-electron chi connectivity index (χ4n) is 2.91. The summed E-state index contributed by atoms with van der Waals surface area (Å²) in [7, 11) is 0. The highest BCUT2D eigenvalue weighted by atomic mass is 32.2. The van der Waals surface area contributed by atoms with Crippen LogP contribution in [-0.2, 0) is 11.2 Å². The number of aryl methyl sites for hydroxylation is 3. The van der Waals surface area contributed by atoms with Crippen molar-refractivity contribution in [1.82, 2.24) is 15.5 Å². The molecular weight excluding hydrogens is 382 g/mol. The Kier molecular flexibility index (Phi) is 7.09. The maximum Gasteiger partial charge on any atom is 0.277 e. The number of thioether (sulfide) groups is 1. The van der Waals surface area contributed by atoms with Crippen molar-refractivity contribution in [3.63, 3.8) is 0 Å². The standard InChI is InChI=1S/C23H27N3O2S/c1-15-10-13-20(14-16(15)2)22-25-26-23(28-22)29-18(4)21(27)24-17(3)11-12-19-8-6-5-7-9-19/h5-10,13-14,17-18H,11-12H2,1-4H3,(H,24,27)/t17-,18-/m1/s1. The zero-order valence-corrected chi connectivity index (χ0v) is 18.1. The van der Waals surface area contributed by atoms with E-state index in [0.717, 1.165) is 18.4 Å². The van der Waals surface area contributed by atoms with Gasteiger partial charge in [0.25, 0.3) is 5.22 Å². The second-order valence-corrected chi connectivity index (χ2v) is 8.66. The fourth-order valence-corrected chi connectivity index (χ4v) is 3.61. The number of hydrogen-bond acceptors (Lipinski definition) is 5. The van der Waals surface area contributed by atoms with Crippen molar-refractivity contribution in [3.8, 4) is 11.5 Å². The van der Waals surface area contributed by atoms with Gasteiger partial charge in [-0.1, -0.05) is 48.2 Å². The summed E-state index contributed by atoms with van der Waals surface area (Å²) in [5.74, 6) is 0.445. The fraction of sp³-hybridized carbons (Fsp3) is 0.348. The molecule has 2 aromatic carbocycles. The molecule has 29 heavy (non-hydrogen) atoms. The van der Waals surface area contributed by atoms with Crippen LogP contribution < -0.4 is 5.32 Å². The number of nitrogens with zero attached hydrogens (tertiary/aromatic N) is 2. The molecule has 152 valence electrons. The molecule has 0 bridgehead atoms. The lowest BCUT2D eigenvalue weighted by Crippen LogP contribution is -2.37. The molecule has 3 rings (SSSR count). The molecule has 0 spiro atoms. The van der Waals surface area contributed by atoms with E-state index >= 15 is 0 Å². The van der Waals surface area contributed by atoms with Gasteiger partial charge in [0.15, 0.2) is 0 Å².